The van der Waals surface area contributed by atoms with Crippen LogP contribution in [0.2, 0.25) is 0 Å². The van der Waals surface area contributed by atoms with Crippen LogP contribution in [0.15, 0.2) is 53.5 Å². The van der Waals surface area contributed by atoms with Crippen LogP contribution in [0.25, 0.3) is 21.0 Å². The smallest absolute Gasteiger partial charge is 0.190 e. The number of Topliss-reactive ketones (excluding diaryl/α,β-unsaturated/α-hetero) is 1. The zero-order valence-corrected chi connectivity index (χ0v) is 15.6. The highest BCUT2D eigenvalue weighted by Gasteiger charge is 2.15. The van der Waals surface area contributed by atoms with Gasteiger partial charge < -0.3 is 9.67 Å². The second-order valence-corrected chi connectivity index (χ2v) is 7.34. The quantitative estimate of drug-likeness (QED) is 0.519. The third-order valence-electron chi connectivity index (χ3n) is 4.64. The number of benzene rings is 3. The third kappa shape index (κ3) is 2.52. The van der Waals surface area contributed by atoms with Gasteiger partial charge in [0, 0.05) is 28.9 Å². The van der Waals surface area contributed by atoms with E-state index in [4.69, 9.17) is 4.99 Å². The van der Waals surface area contributed by atoms with Crippen LogP contribution in [0.4, 0.5) is 5.69 Å². The minimum atomic E-state index is 0.0227. The van der Waals surface area contributed by atoms with E-state index in [9.17, 15) is 9.90 Å². The fraction of sp³-hybridized carbons (Fsp3) is 0.143. The number of hydrogen-bond acceptors (Lipinski definition) is 4. The summed E-state index contributed by atoms with van der Waals surface area (Å²) in [5.41, 5.74) is 3.31. The number of aromatic hydroxyl groups is 1. The SMILES string of the molecule is CC(=O)c1cccc(/N=c2\sc3c(C)c(O)c4ccccc4c3n2C)c1. The number of nitrogens with zero attached hydrogens (tertiary/aromatic N) is 2. The monoisotopic (exact) mass is 362 g/mol. The Morgan fingerprint density at radius 3 is 2.58 bits per heavy atom. The van der Waals surface area contributed by atoms with Gasteiger partial charge in [-0.1, -0.05) is 47.7 Å². The topological polar surface area (TPSA) is 54.6 Å². The predicted octanol–water partition coefficient (Wildman–Crippen LogP) is 4.84. The van der Waals surface area contributed by atoms with Crippen LogP contribution in [0.5, 0.6) is 5.75 Å². The molecule has 5 heteroatoms. The first-order valence-electron chi connectivity index (χ1n) is 8.33. The lowest BCUT2D eigenvalue weighted by Gasteiger charge is -2.08. The highest BCUT2D eigenvalue weighted by Crippen LogP contribution is 2.37. The van der Waals surface area contributed by atoms with E-state index in [1.165, 1.54) is 11.3 Å². The van der Waals surface area contributed by atoms with E-state index in [1.807, 2.05) is 50.4 Å². The third-order valence-corrected chi connectivity index (χ3v) is 5.89. The second-order valence-electron chi connectivity index (χ2n) is 6.36. The Hall–Kier alpha value is -2.92. The molecule has 3 aromatic carbocycles. The number of fused-ring (bicyclic) bond motifs is 3. The van der Waals surface area contributed by atoms with Gasteiger partial charge in [0.1, 0.15) is 5.75 Å². The number of phenolic OH excluding ortho intramolecular Hbond substituents is 1. The van der Waals surface area contributed by atoms with Crippen molar-refractivity contribution in [3.63, 3.8) is 0 Å². The fourth-order valence-corrected chi connectivity index (χ4v) is 4.38. The van der Waals surface area contributed by atoms with Gasteiger partial charge in [-0.25, -0.2) is 4.99 Å². The van der Waals surface area contributed by atoms with Crippen LogP contribution in [0.3, 0.4) is 0 Å². The standard InChI is InChI=1S/C21H18N2O2S/c1-12-19(25)17-10-5-4-9-16(17)18-20(12)26-21(23(18)3)22-15-8-6-7-14(11-15)13(2)24/h4-11,25H,1-3H3/b22-21-. The average Bonchev–Trinajstić information content (AvgIpc) is 2.96. The number of thiazole rings is 1. The molecule has 0 atom stereocenters. The molecule has 1 aromatic heterocycles. The molecule has 0 bridgehead atoms. The minimum Gasteiger partial charge on any atom is -0.507 e. The van der Waals surface area contributed by atoms with Gasteiger partial charge in [0.25, 0.3) is 0 Å². The van der Waals surface area contributed by atoms with Crippen LogP contribution < -0.4 is 4.80 Å². The molecule has 4 aromatic rings. The first kappa shape index (κ1) is 16.5. The molecule has 26 heavy (non-hydrogen) atoms. The molecule has 0 radical (unpaired) electrons. The number of hydrogen-bond donors (Lipinski definition) is 1. The van der Waals surface area contributed by atoms with E-state index >= 15 is 0 Å². The summed E-state index contributed by atoms with van der Waals surface area (Å²) in [5, 5.41) is 12.4. The first-order valence-corrected chi connectivity index (χ1v) is 9.14. The minimum absolute atomic E-state index is 0.0227. The highest BCUT2D eigenvalue weighted by atomic mass is 32.1. The van der Waals surface area contributed by atoms with Crippen molar-refractivity contribution in [2.75, 3.05) is 0 Å². The number of phenols is 1. The molecule has 0 fully saturated rings. The summed E-state index contributed by atoms with van der Waals surface area (Å²) >= 11 is 1.54. The lowest BCUT2D eigenvalue weighted by atomic mass is 10.0. The molecule has 1 N–H and O–H groups in total. The maximum Gasteiger partial charge on any atom is 0.190 e. The zero-order valence-electron chi connectivity index (χ0n) is 14.8. The highest BCUT2D eigenvalue weighted by molar-refractivity contribution is 7.16. The zero-order chi connectivity index (χ0) is 18.4. The number of carbonyl (C=O) groups excluding carboxylic acids is 1. The number of rotatable bonds is 2. The van der Waals surface area contributed by atoms with Gasteiger partial charge in [0.15, 0.2) is 10.6 Å². The lowest BCUT2D eigenvalue weighted by Crippen LogP contribution is -2.09. The Bertz CT molecular complexity index is 1250. The summed E-state index contributed by atoms with van der Waals surface area (Å²) in [5.74, 6) is 0.342. The lowest BCUT2D eigenvalue weighted by molar-refractivity contribution is 0.101. The summed E-state index contributed by atoms with van der Waals surface area (Å²) in [6.07, 6.45) is 0. The maximum absolute atomic E-state index is 11.6. The molecule has 130 valence electrons. The Labute approximate surface area is 154 Å². The van der Waals surface area contributed by atoms with Gasteiger partial charge in [0.05, 0.1) is 15.9 Å². The number of aryl methyl sites for hydroxylation is 2. The average molecular weight is 362 g/mol. The number of carbonyl (C=O) groups is 1. The number of ketones is 1. The molecule has 4 nitrogen and oxygen atoms in total. The van der Waals surface area contributed by atoms with Crippen molar-refractivity contribution >= 4 is 43.8 Å². The van der Waals surface area contributed by atoms with Crippen molar-refractivity contribution in [3.8, 4) is 5.75 Å². The van der Waals surface area contributed by atoms with Crippen LogP contribution in [-0.2, 0) is 7.05 Å². The van der Waals surface area contributed by atoms with Crippen molar-refractivity contribution < 1.29 is 9.90 Å². The van der Waals surface area contributed by atoms with E-state index < -0.39 is 0 Å². The van der Waals surface area contributed by atoms with Crippen molar-refractivity contribution in [1.82, 2.24) is 4.57 Å². The predicted molar refractivity (Wildman–Crippen MR) is 106 cm³/mol. The van der Waals surface area contributed by atoms with Crippen LogP contribution in [-0.4, -0.2) is 15.5 Å². The summed E-state index contributed by atoms with van der Waals surface area (Å²) in [4.78, 5) is 17.2. The van der Waals surface area contributed by atoms with E-state index in [0.29, 0.717) is 11.3 Å². The molecule has 1 heterocycles. The molecule has 0 amide bonds. The summed E-state index contributed by atoms with van der Waals surface area (Å²) in [7, 11) is 1.98. The Kier molecular flexibility index (Phi) is 3.89. The van der Waals surface area contributed by atoms with Crippen LogP contribution in [0.1, 0.15) is 22.8 Å². The first-order chi connectivity index (χ1) is 12.5. The molecule has 0 unspecified atom stereocenters. The van der Waals surface area contributed by atoms with Gasteiger partial charge >= 0.3 is 0 Å². The van der Waals surface area contributed by atoms with E-state index in [2.05, 4.69) is 4.57 Å². The Morgan fingerprint density at radius 1 is 1.12 bits per heavy atom. The van der Waals surface area contributed by atoms with Gasteiger partial charge in [-0.2, -0.15) is 0 Å². The second kappa shape index (κ2) is 6.11. The molecular formula is C21H18N2O2S. The van der Waals surface area contributed by atoms with Gasteiger partial charge in [-0.05, 0) is 26.0 Å². The van der Waals surface area contributed by atoms with E-state index in [-0.39, 0.29) is 5.78 Å². The van der Waals surface area contributed by atoms with Crippen molar-refractivity contribution in [3.05, 3.63) is 64.5 Å². The molecule has 0 saturated carbocycles. The summed E-state index contributed by atoms with van der Waals surface area (Å²) in [6, 6.07) is 15.2. The normalized spacial score (nSPS) is 12.2. The van der Waals surface area contributed by atoms with Gasteiger partial charge in [-0.15, -0.1) is 0 Å². The van der Waals surface area contributed by atoms with E-state index in [1.54, 1.807) is 19.1 Å². The molecule has 0 saturated heterocycles. The van der Waals surface area contributed by atoms with Crippen LogP contribution >= 0.6 is 11.3 Å². The fourth-order valence-electron chi connectivity index (χ4n) is 3.22. The van der Waals surface area contributed by atoms with Crippen molar-refractivity contribution in [2.45, 2.75) is 13.8 Å². The molecule has 0 aliphatic heterocycles. The summed E-state index contributed by atoms with van der Waals surface area (Å²) in [6.45, 7) is 3.48. The molecule has 0 spiro atoms. The maximum atomic E-state index is 11.6. The number of aromatic nitrogens is 1. The van der Waals surface area contributed by atoms with Crippen molar-refractivity contribution in [1.29, 1.82) is 0 Å². The molecule has 0 aliphatic carbocycles. The van der Waals surface area contributed by atoms with Gasteiger partial charge in [0.2, 0.25) is 0 Å². The van der Waals surface area contributed by atoms with E-state index in [0.717, 1.165) is 37.0 Å². The Morgan fingerprint density at radius 2 is 1.85 bits per heavy atom. The molecule has 4 rings (SSSR count). The molecular weight excluding hydrogens is 344 g/mol. The summed E-state index contributed by atoms with van der Waals surface area (Å²) < 4.78 is 3.07. The van der Waals surface area contributed by atoms with Crippen molar-refractivity contribution in [2.24, 2.45) is 12.0 Å². The largest absolute Gasteiger partial charge is 0.507 e. The van der Waals surface area contributed by atoms with Crippen LogP contribution in [0, 0.1) is 6.92 Å². The Balaban J connectivity index is 2.05. The van der Waals surface area contributed by atoms with Gasteiger partial charge in [-0.3, -0.25) is 4.79 Å². The molecule has 0 aliphatic rings.